The molecule has 188 valence electrons. The molecule has 4 aromatic rings. The normalized spacial score (nSPS) is 13.1. The molecule has 1 aliphatic carbocycles. The van der Waals surface area contributed by atoms with Crippen molar-refractivity contribution >= 4 is 29.4 Å². The Labute approximate surface area is 219 Å². The maximum atomic E-state index is 12.7. The Bertz CT molecular complexity index is 1460. The zero-order chi connectivity index (χ0) is 25.9. The van der Waals surface area contributed by atoms with Crippen molar-refractivity contribution in [3.05, 3.63) is 94.1 Å². The quantitative estimate of drug-likeness (QED) is 0.272. The van der Waals surface area contributed by atoms with Crippen LogP contribution >= 0.6 is 11.6 Å². The third-order valence-electron chi connectivity index (χ3n) is 6.58. The van der Waals surface area contributed by atoms with Crippen molar-refractivity contribution in [1.29, 1.82) is 0 Å². The number of nitrogens with one attached hydrogen (secondary N) is 1. The molecule has 0 radical (unpaired) electrons. The number of carboxylic acids is 1. The molecular weight excluding hydrogens is 492 g/mol. The Morgan fingerprint density at radius 3 is 2.49 bits per heavy atom. The maximum absolute atomic E-state index is 12.7. The van der Waals surface area contributed by atoms with E-state index in [2.05, 4.69) is 10.5 Å². The first-order valence-electron chi connectivity index (χ1n) is 12.0. The Kier molecular flexibility index (Phi) is 6.97. The van der Waals surface area contributed by atoms with Gasteiger partial charge in [0.1, 0.15) is 11.8 Å². The summed E-state index contributed by atoms with van der Waals surface area (Å²) in [5.41, 5.74) is 7.31. The van der Waals surface area contributed by atoms with Crippen LogP contribution in [-0.2, 0) is 28.8 Å². The first-order valence-corrected chi connectivity index (χ1v) is 12.4. The highest BCUT2D eigenvalue weighted by molar-refractivity contribution is 6.31. The second-order valence-corrected chi connectivity index (χ2v) is 9.41. The van der Waals surface area contributed by atoms with Crippen LogP contribution in [0.1, 0.15) is 41.7 Å². The van der Waals surface area contributed by atoms with Crippen molar-refractivity contribution in [2.45, 2.75) is 38.7 Å². The summed E-state index contributed by atoms with van der Waals surface area (Å²) in [5.74, 6) is -0.375. The number of carbonyl (C=O) groups excluding carboxylic acids is 1. The number of nitrogens with zero attached hydrogens (tertiary/aromatic N) is 1. The zero-order valence-electron chi connectivity index (χ0n) is 20.2. The minimum atomic E-state index is -0.850. The number of hydrogen-bond donors (Lipinski definition) is 2. The number of carbonyl (C=O) groups is 2. The predicted octanol–water partition coefficient (Wildman–Crippen LogP) is 7.09. The Morgan fingerprint density at radius 2 is 1.76 bits per heavy atom. The van der Waals surface area contributed by atoms with Gasteiger partial charge < -0.3 is 14.4 Å². The zero-order valence-corrected chi connectivity index (χ0v) is 20.9. The number of rotatable bonds is 7. The SMILES string of the molecule is CC(OC(=O)Nc1cnoc1-c1ccc(-c2ccc(CC(=O)O)cc2)c2c1CCC2)c1ccccc1Cl. The van der Waals surface area contributed by atoms with Crippen molar-refractivity contribution in [2.75, 3.05) is 5.32 Å². The number of halogens is 1. The second-order valence-electron chi connectivity index (χ2n) is 9.00. The van der Waals surface area contributed by atoms with Crippen LogP contribution in [0.25, 0.3) is 22.5 Å². The molecule has 0 saturated carbocycles. The van der Waals surface area contributed by atoms with Gasteiger partial charge in [0.2, 0.25) is 0 Å². The second kappa shape index (κ2) is 10.5. The van der Waals surface area contributed by atoms with E-state index in [0.717, 1.165) is 47.1 Å². The van der Waals surface area contributed by atoms with Crippen LogP contribution in [0.2, 0.25) is 5.02 Å². The van der Waals surface area contributed by atoms with Gasteiger partial charge in [-0.15, -0.1) is 0 Å². The molecule has 1 aliphatic rings. The number of carboxylic acid groups (broad SMARTS) is 1. The van der Waals surface area contributed by atoms with Gasteiger partial charge in [0.25, 0.3) is 0 Å². The minimum absolute atomic E-state index is 0.00179. The Morgan fingerprint density at radius 1 is 1.05 bits per heavy atom. The lowest BCUT2D eigenvalue weighted by molar-refractivity contribution is -0.136. The fraction of sp³-hybridized carbons (Fsp3) is 0.207. The maximum Gasteiger partial charge on any atom is 0.412 e. The molecule has 7 nitrogen and oxygen atoms in total. The van der Waals surface area contributed by atoms with Crippen molar-refractivity contribution < 1.29 is 24.0 Å². The molecule has 0 aliphatic heterocycles. The van der Waals surface area contributed by atoms with Crippen molar-refractivity contribution in [2.24, 2.45) is 0 Å². The van der Waals surface area contributed by atoms with E-state index >= 15 is 0 Å². The van der Waals surface area contributed by atoms with E-state index < -0.39 is 18.2 Å². The molecule has 37 heavy (non-hydrogen) atoms. The number of fused-ring (bicyclic) bond motifs is 1. The average Bonchev–Trinajstić information content (AvgIpc) is 3.54. The third kappa shape index (κ3) is 5.22. The van der Waals surface area contributed by atoms with E-state index in [0.29, 0.717) is 22.0 Å². The number of aromatic nitrogens is 1. The van der Waals surface area contributed by atoms with Gasteiger partial charge >= 0.3 is 12.1 Å². The van der Waals surface area contributed by atoms with Crippen LogP contribution in [0.3, 0.4) is 0 Å². The van der Waals surface area contributed by atoms with E-state index in [-0.39, 0.29) is 6.42 Å². The lowest BCUT2D eigenvalue weighted by atomic mass is 9.92. The first-order chi connectivity index (χ1) is 17.9. The molecule has 1 aromatic heterocycles. The number of amides is 1. The van der Waals surface area contributed by atoms with Crippen molar-refractivity contribution in [3.8, 4) is 22.5 Å². The molecule has 2 N–H and O–H groups in total. The fourth-order valence-electron chi connectivity index (χ4n) is 4.86. The Hall–Kier alpha value is -4.10. The van der Waals surface area contributed by atoms with Gasteiger partial charge in [0.05, 0.1) is 12.6 Å². The standard InChI is InChI=1S/C29H25ClN2O5/c1-17(20-5-2-3-8-25(20)30)36-29(35)32-26-16-31-37-28(26)24-14-13-21(22-6-4-7-23(22)24)19-11-9-18(10-12-19)15-27(33)34/h2-3,5,8-14,16-17H,4,6-7,15H2,1H3,(H,32,35)(H,33,34). The highest BCUT2D eigenvalue weighted by Crippen LogP contribution is 2.41. The van der Waals surface area contributed by atoms with Gasteiger partial charge in [-0.25, -0.2) is 4.79 Å². The summed E-state index contributed by atoms with van der Waals surface area (Å²) in [6.45, 7) is 1.76. The molecule has 8 heteroatoms. The fourth-order valence-corrected chi connectivity index (χ4v) is 5.15. The summed E-state index contributed by atoms with van der Waals surface area (Å²) < 4.78 is 11.1. The smallest absolute Gasteiger partial charge is 0.412 e. The van der Waals surface area contributed by atoms with Crippen molar-refractivity contribution in [1.82, 2.24) is 5.16 Å². The summed E-state index contributed by atoms with van der Waals surface area (Å²) >= 11 is 6.23. The van der Waals surface area contributed by atoms with Gasteiger partial charge in [0.15, 0.2) is 5.76 Å². The molecule has 3 aromatic carbocycles. The van der Waals surface area contributed by atoms with Crippen LogP contribution in [0, 0.1) is 0 Å². The molecular formula is C29H25ClN2O5. The molecule has 1 amide bonds. The highest BCUT2D eigenvalue weighted by Gasteiger charge is 2.25. The largest absolute Gasteiger partial charge is 0.481 e. The van der Waals surface area contributed by atoms with E-state index in [1.165, 1.54) is 11.8 Å². The number of ether oxygens (including phenoxy) is 1. The summed E-state index contributed by atoms with van der Waals surface area (Å²) in [6.07, 6.45) is 3.10. The van der Waals surface area contributed by atoms with Gasteiger partial charge in [-0.2, -0.15) is 0 Å². The van der Waals surface area contributed by atoms with E-state index in [9.17, 15) is 9.59 Å². The third-order valence-corrected chi connectivity index (χ3v) is 6.93. The Balaban J connectivity index is 1.38. The van der Waals surface area contributed by atoms with E-state index in [1.807, 2.05) is 54.6 Å². The monoisotopic (exact) mass is 516 g/mol. The lowest BCUT2D eigenvalue weighted by Gasteiger charge is -2.16. The number of benzene rings is 3. The minimum Gasteiger partial charge on any atom is -0.481 e. The first kappa shape index (κ1) is 24.6. The van der Waals surface area contributed by atoms with Crippen LogP contribution in [0.4, 0.5) is 10.5 Å². The topological polar surface area (TPSA) is 102 Å². The summed E-state index contributed by atoms with van der Waals surface area (Å²) in [7, 11) is 0. The molecule has 1 atom stereocenters. The number of hydrogen-bond acceptors (Lipinski definition) is 5. The van der Waals surface area contributed by atoms with E-state index in [1.54, 1.807) is 13.0 Å². The van der Waals surface area contributed by atoms with Crippen LogP contribution < -0.4 is 5.32 Å². The summed E-state index contributed by atoms with van der Waals surface area (Å²) in [4.78, 5) is 23.7. The summed E-state index contributed by atoms with van der Waals surface area (Å²) in [5, 5.41) is 16.2. The molecule has 1 unspecified atom stereocenters. The molecule has 0 spiro atoms. The number of anilines is 1. The molecule has 1 heterocycles. The highest BCUT2D eigenvalue weighted by atomic mass is 35.5. The van der Waals surface area contributed by atoms with Crippen molar-refractivity contribution in [3.63, 3.8) is 0 Å². The van der Waals surface area contributed by atoms with Gasteiger partial charge in [0, 0.05) is 16.1 Å². The van der Waals surface area contributed by atoms with Gasteiger partial charge in [-0.3, -0.25) is 10.1 Å². The average molecular weight is 517 g/mol. The van der Waals surface area contributed by atoms with Crippen LogP contribution in [0.15, 0.2) is 71.4 Å². The number of aliphatic carboxylic acids is 1. The van der Waals surface area contributed by atoms with E-state index in [4.69, 9.17) is 26.0 Å². The summed E-state index contributed by atoms with van der Waals surface area (Å²) in [6, 6.07) is 18.9. The predicted molar refractivity (Wildman–Crippen MR) is 141 cm³/mol. The van der Waals surface area contributed by atoms with Crippen LogP contribution in [0.5, 0.6) is 0 Å². The van der Waals surface area contributed by atoms with Gasteiger partial charge in [-0.1, -0.05) is 71.4 Å². The molecule has 0 bridgehead atoms. The lowest BCUT2D eigenvalue weighted by Crippen LogP contribution is -2.16. The van der Waals surface area contributed by atoms with Gasteiger partial charge in [-0.05, 0) is 60.1 Å². The molecule has 0 fully saturated rings. The molecule has 5 rings (SSSR count). The van der Waals surface area contributed by atoms with Crippen LogP contribution in [-0.4, -0.2) is 22.3 Å². The molecule has 0 saturated heterocycles.